The lowest BCUT2D eigenvalue weighted by atomic mass is 9.95. The van der Waals surface area contributed by atoms with Gasteiger partial charge in [-0.05, 0) is 30.0 Å². The molecular weight excluding hydrogens is 312 g/mol. The smallest absolute Gasteiger partial charge is 0.227 e. The molecule has 23 heavy (non-hydrogen) atoms. The highest BCUT2D eigenvalue weighted by molar-refractivity contribution is 7.09. The Hall–Kier alpha value is -2.08. The maximum atomic E-state index is 12.9. The van der Waals surface area contributed by atoms with Crippen LogP contribution >= 0.6 is 11.3 Å². The molecule has 1 fully saturated rings. The molecule has 3 rings (SSSR count). The average Bonchev–Trinajstić information content (AvgIpc) is 3.22. The van der Waals surface area contributed by atoms with Gasteiger partial charge in [0, 0.05) is 30.8 Å². The molecule has 1 aliphatic rings. The second-order valence-corrected chi connectivity index (χ2v) is 6.89. The van der Waals surface area contributed by atoms with Crippen LogP contribution in [0.3, 0.4) is 0 Å². The molecule has 3 heterocycles. The Morgan fingerprint density at radius 3 is 2.91 bits per heavy atom. The van der Waals surface area contributed by atoms with Gasteiger partial charge in [0.25, 0.3) is 0 Å². The van der Waals surface area contributed by atoms with Crippen LogP contribution in [0.15, 0.2) is 40.3 Å². The summed E-state index contributed by atoms with van der Waals surface area (Å²) in [5.74, 6) is 0.614. The van der Waals surface area contributed by atoms with E-state index in [0.29, 0.717) is 26.1 Å². The lowest BCUT2D eigenvalue weighted by Crippen LogP contribution is -2.43. The van der Waals surface area contributed by atoms with Crippen molar-refractivity contribution in [3.8, 4) is 0 Å². The van der Waals surface area contributed by atoms with Gasteiger partial charge in [0.1, 0.15) is 5.76 Å². The average molecular weight is 332 g/mol. The zero-order valence-electron chi connectivity index (χ0n) is 13.1. The third-order valence-electron chi connectivity index (χ3n) is 4.17. The number of hydrogen-bond donors (Lipinski definition) is 0. The first kappa shape index (κ1) is 15.8. The van der Waals surface area contributed by atoms with Crippen LogP contribution in [0.1, 0.15) is 23.5 Å². The lowest BCUT2D eigenvalue weighted by molar-refractivity contribution is -0.145. The van der Waals surface area contributed by atoms with Crippen LogP contribution in [0, 0.1) is 5.92 Å². The summed E-state index contributed by atoms with van der Waals surface area (Å²) in [4.78, 5) is 29.4. The SMILES string of the molecule is CN1CC[C@@H](C(=O)N(Cc2ccco2)Cc2cccs2)CC1=O. The molecule has 2 amide bonds. The standard InChI is InChI=1S/C17H20N2O3S/c1-18-7-6-13(10-16(18)20)17(21)19(11-14-4-2-8-22-14)12-15-5-3-9-23-15/h2-5,8-9,13H,6-7,10-12H2,1H3/t13-/m1/s1. The summed E-state index contributed by atoms with van der Waals surface area (Å²) in [6.45, 7) is 1.63. The van der Waals surface area contributed by atoms with Gasteiger partial charge >= 0.3 is 0 Å². The van der Waals surface area contributed by atoms with E-state index >= 15 is 0 Å². The topological polar surface area (TPSA) is 53.8 Å². The van der Waals surface area contributed by atoms with E-state index in [1.165, 1.54) is 0 Å². The molecule has 0 N–H and O–H groups in total. The van der Waals surface area contributed by atoms with Crippen LogP contribution < -0.4 is 0 Å². The summed E-state index contributed by atoms with van der Waals surface area (Å²) in [6.07, 6.45) is 2.64. The number of rotatable bonds is 5. The van der Waals surface area contributed by atoms with E-state index in [-0.39, 0.29) is 17.7 Å². The first-order valence-electron chi connectivity index (χ1n) is 7.71. The predicted octanol–water partition coefficient (Wildman–Crippen LogP) is 2.74. The van der Waals surface area contributed by atoms with Crippen LogP contribution in [-0.2, 0) is 22.7 Å². The van der Waals surface area contributed by atoms with Crippen LogP contribution in [0.5, 0.6) is 0 Å². The van der Waals surface area contributed by atoms with Crippen molar-refractivity contribution in [3.05, 3.63) is 46.5 Å². The van der Waals surface area contributed by atoms with Gasteiger partial charge in [0.15, 0.2) is 0 Å². The summed E-state index contributed by atoms with van der Waals surface area (Å²) >= 11 is 1.63. The molecule has 0 spiro atoms. The zero-order chi connectivity index (χ0) is 16.2. The monoisotopic (exact) mass is 332 g/mol. The molecule has 5 nitrogen and oxygen atoms in total. The third-order valence-corrected chi connectivity index (χ3v) is 5.04. The summed E-state index contributed by atoms with van der Waals surface area (Å²) in [7, 11) is 1.79. The highest BCUT2D eigenvalue weighted by Crippen LogP contribution is 2.23. The predicted molar refractivity (Wildman–Crippen MR) is 87.6 cm³/mol. The van der Waals surface area contributed by atoms with Crippen LogP contribution in [0.25, 0.3) is 0 Å². The molecule has 2 aromatic rings. The third kappa shape index (κ3) is 3.82. The molecule has 6 heteroatoms. The van der Waals surface area contributed by atoms with Crippen molar-refractivity contribution in [2.75, 3.05) is 13.6 Å². The Morgan fingerprint density at radius 1 is 1.39 bits per heavy atom. The Balaban J connectivity index is 1.73. The summed E-state index contributed by atoms with van der Waals surface area (Å²) in [6, 6.07) is 7.69. The zero-order valence-corrected chi connectivity index (χ0v) is 13.9. The summed E-state index contributed by atoms with van der Waals surface area (Å²) < 4.78 is 5.39. The number of carbonyl (C=O) groups excluding carboxylic acids is 2. The molecule has 0 unspecified atom stereocenters. The molecule has 0 saturated carbocycles. The summed E-state index contributed by atoms with van der Waals surface area (Å²) in [5, 5.41) is 2.00. The van der Waals surface area contributed by atoms with E-state index in [2.05, 4.69) is 0 Å². The molecule has 0 radical (unpaired) electrons. The van der Waals surface area contributed by atoms with Gasteiger partial charge in [-0.2, -0.15) is 0 Å². The second kappa shape index (κ2) is 7.00. The maximum Gasteiger partial charge on any atom is 0.227 e. The number of hydrogen-bond acceptors (Lipinski definition) is 4. The van der Waals surface area contributed by atoms with Gasteiger partial charge in [-0.3, -0.25) is 9.59 Å². The highest BCUT2D eigenvalue weighted by atomic mass is 32.1. The van der Waals surface area contributed by atoms with E-state index < -0.39 is 0 Å². The molecule has 1 aliphatic heterocycles. The van der Waals surface area contributed by atoms with Gasteiger partial charge in [-0.15, -0.1) is 11.3 Å². The van der Waals surface area contributed by atoms with Crippen molar-refractivity contribution < 1.29 is 14.0 Å². The minimum absolute atomic E-state index is 0.0382. The first-order chi connectivity index (χ1) is 11.1. The maximum absolute atomic E-state index is 12.9. The number of piperidine rings is 1. The fourth-order valence-electron chi connectivity index (χ4n) is 2.80. The fraction of sp³-hybridized carbons (Fsp3) is 0.412. The quantitative estimate of drug-likeness (QED) is 0.846. The van der Waals surface area contributed by atoms with Gasteiger partial charge in [-0.1, -0.05) is 6.07 Å². The molecule has 1 saturated heterocycles. The number of nitrogens with zero attached hydrogens (tertiary/aromatic N) is 2. The molecule has 2 aromatic heterocycles. The highest BCUT2D eigenvalue weighted by Gasteiger charge is 2.32. The van der Waals surface area contributed by atoms with Crippen LogP contribution in [0.4, 0.5) is 0 Å². The molecule has 0 aliphatic carbocycles. The Morgan fingerprint density at radius 2 is 2.26 bits per heavy atom. The van der Waals surface area contributed by atoms with E-state index in [9.17, 15) is 9.59 Å². The van der Waals surface area contributed by atoms with Crippen molar-refractivity contribution in [2.24, 2.45) is 5.92 Å². The van der Waals surface area contributed by atoms with Gasteiger partial charge in [0.05, 0.1) is 19.4 Å². The van der Waals surface area contributed by atoms with Crippen LogP contribution in [0.2, 0.25) is 0 Å². The van der Waals surface area contributed by atoms with E-state index in [1.807, 2.05) is 29.6 Å². The molecular formula is C17H20N2O3S. The number of amides is 2. The Kier molecular flexibility index (Phi) is 4.81. The van der Waals surface area contributed by atoms with Gasteiger partial charge in [0.2, 0.25) is 11.8 Å². The van der Waals surface area contributed by atoms with E-state index in [4.69, 9.17) is 4.42 Å². The van der Waals surface area contributed by atoms with Crippen molar-refractivity contribution in [1.82, 2.24) is 9.80 Å². The Bertz CT molecular complexity index is 615. The van der Waals surface area contributed by atoms with Crippen LogP contribution in [-0.4, -0.2) is 35.2 Å². The number of thiophene rings is 1. The Labute approximate surface area is 139 Å². The van der Waals surface area contributed by atoms with Gasteiger partial charge in [-0.25, -0.2) is 0 Å². The molecule has 122 valence electrons. The normalized spacial score (nSPS) is 18.2. The fourth-order valence-corrected chi connectivity index (χ4v) is 3.52. The molecule has 0 bridgehead atoms. The van der Waals surface area contributed by atoms with Crippen molar-refractivity contribution >= 4 is 23.2 Å². The van der Waals surface area contributed by atoms with Crippen molar-refractivity contribution in [1.29, 1.82) is 0 Å². The van der Waals surface area contributed by atoms with E-state index in [1.54, 1.807) is 34.4 Å². The van der Waals surface area contributed by atoms with Crippen molar-refractivity contribution in [2.45, 2.75) is 25.9 Å². The number of furan rings is 1. The number of likely N-dealkylation sites (tertiary alicyclic amines) is 1. The summed E-state index contributed by atoms with van der Waals surface area (Å²) in [5.41, 5.74) is 0. The van der Waals surface area contributed by atoms with Crippen molar-refractivity contribution in [3.63, 3.8) is 0 Å². The second-order valence-electron chi connectivity index (χ2n) is 5.86. The minimum atomic E-state index is -0.228. The molecule has 1 atom stereocenters. The number of carbonyl (C=O) groups is 2. The first-order valence-corrected chi connectivity index (χ1v) is 8.59. The van der Waals surface area contributed by atoms with Gasteiger partial charge < -0.3 is 14.2 Å². The largest absolute Gasteiger partial charge is 0.467 e. The lowest BCUT2D eigenvalue weighted by Gasteiger charge is -2.31. The minimum Gasteiger partial charge on any atom is -0.467 e. The molecule has 0 aromatic carbocycles. The van der Waals surface area contributed by atoms with E-state index in [0.717, 1.165) is 17.1 Å².